The summed E-state index contributed by atoms with van der Waals surface area (Å²) >= 11 is 3.54. The summed E-state index contributed by atoms with van der Waals surface area (Å²) in [6.45, 7) is 4.37. The summed E-state index contributed by atoms with van der Waals surface area (Å²) in [4.78, 5) is 13.1. The highest BCUT2D eigenvalue weighted by atomic mass is 79.9. The van der Waals surface area contributed by atoms with Crippen LogP contribution in [-0.4, -0.2) is 25.8 Å². The molecule has 5 heteroatoms. The Morgan fingerprint density at radius 3 is 2.80 bits per heavy atom. The summed E-state index contributed by atoms with van der Waals surface area (Å²) in [5, 5.41) is 0. The molecule has 0 radical (unpaired) electrons. The number of esters is 1. The maximum atomic E-state index is 13.1. The Morgan fingerprint density at radius 2 is 2.16 bits per heavy atom. The minimum absolute atomic E-state index is 0.248. The molecule has 0 heterocycles. The van der Waals surface area contributed by atoms with Crippen molar-refractivity contribution in [2.24, 2.45) is 17.1 Å². The van der Waals surface area contributed by atoms with E-state index in [1.807, 2.05) is 19.1 Å². The standard InChI is InChI=1S/C20H28BrNO3/c1-4-13-11-19(9-8-17(13)24-3)12-14-6-7-15(21)10-16(14)20(19,22)18(23)25-5-2/h6-7,10,13,17H,4-5,8-9,11-12,22H2,1-3H3/t13-,17-,19-,20-/m1/s1. The lowest BCUT2D eigenvalue weighted by molar-refractivity contribution is -0.159. The monoisotopic (exact) mass is 409 g/mol. The molecule has 0 aromatic heterocycles. The van der Waals surface area contributed by atoms with Gasteiger partial charge >= 0.3 is 5.97 Å². The van der Waals surface area contributed by atoms with Crippen molar-refractivity contribution in [3.8, 4) is 0 Å². The lowest BCUT2D eigenvalue weighted by Gasteiger charge is -2.49. The number of ether oxygens (including phenoxy) is 2. The van der Waals surface area contributed by atoms with Crippen LogP contribution in [0, 0.1) is 11.3 Å². The molecule has 4 atom stereocenters. The fourth-order valence-electron chi connectivity index (χ4n) is 5.06. The van der Waals surface area contributed by atoms with Gasteiger partial charge in [-0.15, -0.1) is 0 Å². The minimum atomic E-state index is -1.09. The molecule has 1 aromatic rings. The van der Waals surface area contributed by atoms with Gasteiger partial charge in [0.05, 0.1) is 12.7 Å². The Balaban J connectivity index is 2.08. The van der Waals surface area contributed by atoms with Crippen molar-refractivity contribution >= 4 is 21.9 Å². The lowest BCUT2D eigenvalue weighted by Crippen LogP contribution is -2.59. The molecule has 1 saturated carbocycles. The number of benzene rings is 1. The number of rotatable bonds is 4. The lowest BCUT2D eigenvalue weighted by atomic mass is 9.58. The highest BCUT2D eigenvalue weighted by Crippen LogP contribution is 2.58. The van der Waals surface area contributed by atoms with Gasteiger partial charge < -0.3 is 15.2 Å². The molecular formula is C20H28BrNO3. The number of halogens is 1. The van der Waals surface area contributed by atoms with E-state index >= 15 is 0 Å². The molecule has 138 valence electrons. The van der Waals surface area contributed by atoms with Crippen molar-refractivity contribution in [3.05, 3.63) is 33.8 Å². The van der Waals surface area contributed by atoms with Crippen LogP contribution in [0.3, 0.4) is 0 Å². The summed E-state index contributed by atoms with van der Waals surface area (Å²) in [5.41, 5.74) is 7.66. The molecule has 4 nitrogen and oxygen atoms in total. The second-order valence-electron chi connectivity index (χ2n) is 7.47. The van der Waals surface area contributed by atoms with E-state index in [1.165, 1.54) is 5.56 Å². The average molecular weight is 410 g/mol. The maximum absolute atomic E-state index is 13.1. The third-order valence-electron chi connectivity index (χ3n) is 6.37. The summed E-state index contributed by atoms with van der Waals surface area (Å²) in [5.74, 6) is 0.117. The van der Waals surface area contributed by atoms with Gasteiger partial charge in [0.1, 0.15) is 5.54 Å². The van der Waals surface area contributed by atoms with Crippen LogP contribution in [-0.2, 0) is 26.2 Å². The highest BCUT2D eigenvalue weighted by molar-refractivity contribution is 9.10. The Morgan fingerprint density at radius 1 is 1.40 bits per heavy atom. The molecule has 0 unspecified atom stereocenters. The zero-order valence-electron chi connectivity index (χ0n) is 15.3. The number of methoxy groups -OCH3 is 1. The SMILES string of the molecule is CCOC(=O)[C@]1(N)c2cc(Br)ccc2C[C@]12CC[C@@H](OC)[C@H](CC)C2. The molecule has 25 heavy (non-hydrogen) atoms. The van der Waals surface area contributed by atoms with Gasteiger partial charge in [-0.25, -0.2) is 4.79 Å². The van der Waals surface area contributed by atoms with Gasteiger partial charge in [-0.2, -0.15) is 0 Å². The zero-order valence-corrected chi connectivity index (χ0v) is 16.9. The second kappa shape index (κ2) is 7.01. The number of nitrogens with two attached hydrogens (primary N) is 1. The first-order chi connectivity index (χ1) is 11.9. The van der Waals surface area contributed by atoms with Gasteiger partial charge in [-0.3, -0.25) is 0 Å². The minimum Gasteiger partial charge on any atom is -0.464 e. The Hall–Kier alpha value is -0.910. The van der Waals surface area contributed by atoms with E-state index in [2.05, 4.69) is 28.9 Å². The van der Waals surface area contributed by atoms with Crippen molar-refractivity contribution in [2.45, 2.75) is 57.6 Å². The quantitative estimate of drug-likeness (QED) is 0.764. The Kier molecular flexibility index (Phi) is 5.29. The summed E-state index contributed by atoms with van der Waals surface area (Å²) in [6.07, 6.45) is 4.81. The van der Waals surface area contributed by atoms with Crippen molar-refractivity contribution in [1.29, 1.82) is 0 Å². The Bertz CT molecular complexity index is 664. The maximum Gasteiger partial charge on any atom is 0.331 e. The predicted molar refractivity (Wildman–Crippen MR) is 101 cm³/mol. The molecule has 2 aliphatic carbocycles. The molecule has 1 spiro atoms. The van der Waals surface area contributed by atoms with Crippen LogP contribution in [0.15, 0.2) is 22.7 Å². The Labute approximate surface area is 158 Å². The molecule has 2 aliphatic rings. The molecule has 0 aliphatic heterocycles. The average Bonchev–Trinajstić information content (AvgIpc) is 2.84. The van der Waals surface area contributed by atoms with E-state index in [9.17, 15) is 4.79 Å². The van der Waals surface area contributed by atoms with Gasteiger partial charge in [0, 0.05) is 17.0 Å². The van der Waals surface area contributed by atoms with Crippen LogP contribution in [0.4, 0.5) is 0 Å². The third-order valence-corrected chi connectivity index (χ3v) is 6.87. The number of fused-ring (bicyclic) bond motifs is 1. The van der Waals surface area contributed by atoms with Crippen molar-refractivity contribution in [2.75, 3.05) is 13.7 Å². The van der Waals surface area contributed by atoms with Crippen LogP contribution in [0.2, 0.25) is 0 Å². The molecular weight excluding hydrogens is 382 g/mol. The fraction of sp³-hybridized carbons (Fsp3) is 0.650. The first-order valence-electron chi connectivity index (χ1n) is 9.19. The van der Waals surface area contributed by atoms with E-state index < -0.39 is 5.54 Å². The van der Waals surface area contributed by atoms with Gasteiger partial charge in [0.15, 0.2) is 0 Å². The van der Waals surface area contributed by atoms with Crippen LogP contribution in [0.25, 0.3) is 0 Å². The number of carbonyl (C=O) groups excluding carboxylic acids is 1. The largest absolute Gasteiger partial charge is 0.464 e. The first kappa shape index (κ1) is 18.9. The van der Waals surface area contributed by atoms with E-state index in [-0.39, 0.29) is 17.5 Å². The zero-order chi connectivity index (χ0) is 18.2. The van der Waals surface area contributed by atoms with Crippen molar-refractivity contribution in [3.63, 3.8) is 0 Å². The van der Waals surface area contributed by atoms with Crippen LogP contribution in [0.1, 0.15) is 50.7 Å². The molecule has 2 N–H and O–H groups in total. The van der Waals surface area contributed by atoms with E-state index in [4.69, 9.17) is 15.2 Å². The molecule has 0 amide bonds. The fourth-order valence-corrected chi connectivity index (χ4v) is 5.42. The molecule has 1 aromatic carbocycles. The molecule has 3 rings (SSSR count). The van der Waals surface area contributed by atoms with Gasteiger partial charge in [0.25, 0.3) is 0 Å². The second-order valence-corrected chi connectivity index (χ2v) is 8.39. The van der Waals surface area contributed by atoms with Crippen LogP contribution >= 0.6 is 15.9 Å². The summed E-state index contributed by atoms with van der Waals surface area (Å²) in [7, 11) is 1.78. The molecule has 0 bridgehead atoms. The summed E-state index contributed by atoms with van der Waals surface area (Å²) < 4.78 is 12.1. The van der Waals surface area contributed by atoms with E-state index in [1.54, 1.807) is 7.11 Å². The van der Waals surface area contributed by atoms with Crippen LogP contribution in [0.5, 0.6) is 0 Å². The number of hydrogen-bond donors (Lipinski definition) is 1. The predicted octanol–water partition coefficient (Wildman–Crippen LogP) is 3.93. The van der Waals surface area contributed by atoms with Crippen molar-refractivity contribution < 1.29 is 14.3 Å². The topological polar surface area (TPSA) is 61.5 Å². The molecule has 1 fully saturated rings. The van der Waals surface area contributed by atoms with Gasteiger partial charge in [-0.05, 0) is 61.8 Å². The third kappa shape index (κ3) is 2.84. The van der Waals surface area contributed by atoms with Gasteiger partial charge in [0.2, 0.25) is 0 Å². The first-order valence-corrected chi connectivity index (χ1v) is 9.99. The summed E-state index contributed by atoms with van der Waals surface area (Å²) in [6, 6.07) is 6.13. The van der Waals surface area contributed by atoms with Crippen LogP contribution < -0.4 is 5.73 Å². The van der Waals surface area contributed by atoms with E-state index in [0.717, 1.165) is 42.1 Å². The molecule has 0 saturated heterocycles. The van der Waals surface area contributed by atoms with Gasteiger partial charge in [-0.1, -0.05) is 35.3 Å². The van der Waals surface area contributed by atoms with E-state index in [0.29, 0.717) is 12.5 Å². The van der Waals surface area contributed by atoms with Crippen molar-refractivity contribution in [1.82, 2.24) is 0 Å². The normalized spacial score (nSPS) is 34.1. The highest BCUT2D eigenvalue weighted by Gasteiger charge is 2.62. The number of hydrogen-bond acceptors (Lipinski definition) is 4. The number of carbonyl (C=O) groups is 1. The smallest absolute Gasteiger partial charge is 0.331 e.